The van der Waals surface area contributed by atoms with Gasteiger partial charge in [-0.2, -0.15) is 5.10 Å². The molecule has 170 valence electrons. The second-order valence-electron chi connectivity index (χ2n) is 9.20. The van der Waals surface area contributed by atoms with Gasteiger partial charge in [-0.15, -0.1) is 11.3 Å². The molecule has 3 aromatic rings. The van der Waals surface area contributed by atoms with Gasteiger partial charge in [0.2, 0.25) is 0 Å². The third-order valence-electron chi connectivity index (χ3n) is 6.57. The Morgan fingerprint density at radius 2 is 1.91 bits per heavy atom. The number of amides is 1. The molecule has 1 amide bonds. The van der Waals surface area contributed by atoms with Crippen LogP contribution >= 0.6 is 11.3 Å². The number of rotatable bonds is 4. The van der Waals surface area contributed by atoms with Crippen LogP contribution in [-0.2, 0) is 9.84 Å². The van der Waals surface area contributed by atoms with Crippen LogP contribution in [0, 0.1) is 0 Å². The molecule has 1 atom stereocenters. The molecule has 32 heavy (non-hydrogen) atoms. The number of para-hydroxylation sites is 1. The van der Waals surface area contributed by atoms with Gasteiger partial charge in [0, 0.05) is 24.7 Å². The molecule has 2 fully saturated rings. The minimum atomic E-state index is -3.02. The average molecular weight is 473 g/mol. The third kappa shape index (κ3) is 4.08. The first-order chi connectivity index (χ1) is 15.3. The van der Waals surface area contributed by atoms with Crippen molar-refractivity contribution in [2.75, 3.05) is 24.6 Å². The molecule has 0 unspecified atom stereocenters. The molecular formula is C23H28N4O3S2. The van der Waals surface area contributed by atoms with Gasteiger partial charge in [0.25, 0.3) is 5.91 Å². The van der Waals surface area contributed by atoms with Crippen molar-refractivity contribution < 1.29 is 13.2 Å². The maximum absolute atomic E-state index is 13.2. The molecule has 7 nitrogen and oxygen atoms in total. The van der Waals surface area contributed by atoms with E-state index < -0.39 is 9.84 Å². The Morgan fingerprint density at radius 3 is 2.56 bits per heavy atom. The molecule has 2 aromatic heterocycles. The van der Waals surface area contributed by atoms with Crippen LogP contribution in [0.4, 0.5) is 0 Å². The SMILES string of the molecule is CC(C)c1cc(C(=O)N2CCC(c3nc4ccccc4s3)CC2)nn1[C@@H]1CCS(=O)(=O)C1. The standard InChI is InChI=1S/C23H28N4O3S2/c1-15(2)20-13-19(25-27(20)17-9-12-32(29,30)14-17)23(28)26-10-7-16(8-11-26)22-24-18-5-3-4-6-21(18)31-22/h3-6,13,15-17H,7-12,14H2,1-2H3/t17-/m1/s1. The lowest BCUT2D eigenvalue weighted by Crippen LogP contribution is -2.38. The Balaban J connectivity index is 1.30. The van der Waals surface area contributed by atoms with Crippen molar-refractivity contribution in [2.24, 2.45) is 0 Å². The molecule has 0 aliphatic carbocycles. The van der Waals surface area contributed by atoms with Gasteiger partial charge in [0.05, 0.1) is 32.8 Å². The Bertz CT molecular complexity index is 1220. The number of hydrogen-bond donors (Lipinski definition) is 0. The van der Waals surface area contributed by atoms with Crippen LogP contribution in [0.25, 0.3) is 10.2 Å². The Kier molecular flexibility index (Phi) is 5.57. The van der Waals surface area contributed by atoms with Crippen LogP contribution in [0.2, 0.25) is 0 Å². The maximum Gasteiger partial charge on any atom is 0.274 e. The molecule has 2 aliphatic rings. The molecule has 5 rings (SSSR count). The molecule has 0 radical (unpaired) electrons. The lowest BCUT2D eigenvalue weighted by Gasteiger charge is -2.30. The predicted molar refractivity (Wildman–Crippen MR) is 126 cm³/mol. The first kappa shape index (κ1) is 21.6. The second-order valence-corrected chi connectivity index (χ2v) is 12.5. The number of sulfone groups is 1. The molecule has 0 N–H and O–H groups in total. The summed E-state index contributed by atoms with van der Waals surface area (Å²) in [5.41, 5.74) is 2.41. The van der Waals surface area contributed by atoms with Gasteiger partial charge in [-0.1, -0.05) is 26.0 Å². The van der Waals surface area contributed by atoms with E-state index >= 15 is 0 Å². The minimum Gasteiger partial charge on any atom is -0.337 e. The molecule has 2 saturated heterocycles. The van der Waals surface area contributed by atoms with Crippen LogP contribution in [-0.4, -0.2) is 58.6 Å². The van der Waals surface area contributed by atoms with Crippen molar-refractivity contribution >= 4 is 37.3 Å². The number of fused-ring (bicyclic) bond motifs is 1. The van der Waals surface area contributed by atoms with Crippen molar-refractivity contribution in [2.45, 2.75) is 51.0 Å². The molecule has 0 bridgehead atoms. The van der Waals surface area contributed by atoms with Crippen LogP contribution in [0.15, 0.2) is 30.3 Å². The number of hydrogen-bond acceptors (Lipinski definition) is 6. The minimum absolute atomic E-state index is 0.0609. The van der Waals surface area contributed by atoms with E-state index in [1.54, 1.807) is 16.0 Å². The number of thiazole rings is 1. The Morgan fingerprint density at radius 1 is 1.16 bits per heavy atom. The summed E-state index contributed by atoms with van der Waals surface area (Å²) in [6, 6.07) is 9.89. The van der Waals surface area contributed by atoms with E-state index in [9.17, 15) is 13.2 Å². The van der Waals surface area contributed by atoms with Crippen molar-refractivity contribution in [1.29, 1.82) is 0 Å². The first-order valence-corrected chi connectivity index (χ1v) is 13.9. The van der Waals surface area contributed by atoms with E-state index in [4.69, 9.17) is 4.98 Å². The summed E-state index contributed by atoms with van der Waals surface area (Å²) in [6.07, 6.45) is 2.35. The van der Waals surface area contributed by atoms with Gasteiger partial charge in [0.1, 0.15) is 0 Å². The van der Waals surface area contributed by atoms with Crippen LogP contribution in [0.1, 0.15) is 72.2 Å². The van der Waals surface area contributed by atoms with Crippen molar-refractivity contribution in [3.63, 3.8) is 0 Å². The average Bonchev–Trinajstić information content (AvgIpc) is 3.49. The van der Waals surface area contributed by atoms with Gasteiger partial charge in [0.15, 0.2) is 15.5 Å². The van der Waals surface area contributed by atoms with Gasteiger partial charge >= 0.3 is 0 Å². The first-order valence-electron chi connectivity index (χ1n) is 11.3. The fraction of sp³-hybridized carbons (Fsp3) is 0.522. The highest BCUT2D eigenvalue weighted by atomic mass is 32.2. The number of nitrogens with zero attached hydrogens (tertiary/aromatic N) is 4. The number of piperidine rings is 1. The highest BCUT2D eigenvalue weighted by molar-refractivity contribution is 7.91. The zero-order valence-electron chi connectivity index (χ0n) is 18.4. The lowest BCUT2D eigenvalue weighted by atomic mass is 9.97. The van der Waals surface area contributed by atoms with Crippen molar-refractivity contribution in [1.82, 2.24) is 19.7 Å². The van der Waals surface area contributed by atoms with Gasteiger partial charge in [-0.3, -0.25) is 9.48 Å². The molecule has 0 spiro atoms. The zero-order valence-corrected chi connectivity index (χ0v) is 20.0. The van der Waals surface area contributed by atoms with Crippen molar-refractivity contribution in [3.05, 3.63) is 46.7 Å². The fourth-order valence-electron chi connectivity index (χ4n) is 4.76. The summed E-state index contributed by atoms with van der Waals surface area (Å²) in [7, 11) is -3.02. The molecular weight excluding hydrogens is 444 g/mol. The van der Waals surface area contributed by atoms with E-state index in [0.717, 1.165) is 29.1 Å². The van der Waals surface area contributed by atoms with E-state index in [1.807, 2.05) is 29.2 Å². The monoisotopic (exact) mass is 472 g/mol. The van der Waals surface area contributed by atoms with Crippen LogP contribution in [0.5, 0.6) is 0 Å². The molecule has 0 saturated carbocycles. The Hall–Kier alpha value is -2.26. The predicted octanol–water partition coefficient (Wildman–Crippen LogP) is 4.00. The highest BCUT2D eigenvalue weighted by Gasteiger charge is 2.33. The topological polar surface area (TPSA) is 85.2 Å². The van der Waals surface area contributed by atoms with Crippen LogP contribution in [0.3, 0.4) is 0 Å². The number of benzene rings is 1. The third-order valence-corrected chi connectivity index (χ3v) is 9.52. The molecule has 1 aromatic carbocycles. The number of aromatic nitrogens is 3. The van der Waals surface area contributed by atoms with E-state index in [1.165, 1.54) is 4.70 Å². The van der Waals surface area contributed by atoms with Gasteiger partial charge in [-0.25, -0.2) is 13.4 Å². The molecule has 4 heterocycles. The number of carbonyl (C=O) groups excluding carboxylic acids is 1. The summed E-state index contributed by atoms with van der Waals surface area (Å²) in [5.74, 6) is 0.781. The largest absolute Gasteiger partial charge is 0.337 e. The molecule has 2 aliphatic heterocycles. The summed E-state index contributed by atoms with van der Waals surface area (Å²) < 4.78 is 26.9. The van der Waals surface area contributed by atoms with E-state index in [2.05, 4.69) is 25.0 Å². The van der Waals surface area contributed by atoms with Gasteiger partial charge < -0.3 is 4.90 Å². The number of likely N-dealkylation sites (tertiary alicyclic amines) is 1. The maximum atomic E-state index is 13.2. The smallest absolute Gasteiger partial charge is 0.274 e. The normalized spacial score (nSPS) is 21.6. The van der Waals surface area contributed by atoms with Crippen LogP contribution < -0.4 is 0 Å². The quantitative estimate of drug-likeness (QED) is 0.573. The summed E-state index contributed by atoms with van der Waals surface area (Å²) in [5, 5.41) is 5.77. The van der Waals surface area contributed by atoms with E-state index in [0.29, 0.717) is 31.1 Å². The summed E-state index contributed by atoms with van der Waals surface area (Å²) in [6.45, 7) is 5.46. The second kappa shape index (κ2) is 8.26. The zero-order chi connectivity index (χ0) is 22.5. The molecule has 9 heteroatoms. The highest BCUT2D eigenvalue weighted by Crippen LogP contribution is 2.34. The van der Waals surface area contributed by atoms with Gasteiger partial charge in [-0.05, 0) is 43.4 Å². The Labute approximate surface area is 192 Å². The summed E-state index contributed by atoms with van der Waals surface area (Å²) in [4.78, 5) is 19.9. The lowest BCUT2D eigenvalue weighted by molar-refractivity contribution is 0.0705. The fourth-order valence-corrected chi connectivity index (χ4v) is 7.59. The van der Waals surface area contributed by atoms with Crippen molar-refractivity contribution in [3.8, 4) is 0 Å². The van der Waals surface area contributed by atoms with E-state index in [-0.39, 0.29) is 29.4 Å². The summed E-state index contributed by atoms with van der Waals surface area (Å²) >= 11 is 1.75. The number of carbonyl (C=O) groups is 1.